The van der Waals surface area contributed by atoms with Gasteiger partial charge in [-0.05, 0) is 25.5 Å². The van der Waals surface area contributed by atoms with E-state index in [1.165, 1.54) is 0 Å². The second kappa shape index (κ2) is 5.19. The van der Waals surface area contributed by atoms with Crippen molar-refractivity contribution in [1.29, 1.82) is 0 Å². The SMILES string of the molecule is C/C=C/CCNc1ccc(N)cn1. The summed E-state index contributed by atoms with van der Waals surface area (Å²) >= 11 is 0. The van der Waals surface area contributed by atoms with E-state index in [9.17, 15) is 0 Å². The van der Waals surface area contributed by atoms with Gasteiger partial charge in [-0.25, -0.2) is 4.98 Å². The van der Waals surface area contributed by atoms with Gasteiger partial charge in [-0.1, -0.05) is 12.2 Å². The first kappa shape index (κ1) is 9.58. The first-order valence-electron chi connectivity index (χ1n) is 4.39. The minimum Gasteiger partial charge on any atom is -0.397 e. The molecule has 0 fully saturated rings. The Morgan fingerprint density at radius 3 is 3.00 bits per heavy atom. The molecular formula is C10H15N3. The van der Waals surface area contributed by atoms with Crippen molar-refractivity contribution in [2.45, 2.75) is 13.3 Å². The molecule has 1 rings (SSSR count). The zero-order valence-corrected chi connectivity index (χ0v) is 7.83. The summed E-state index contributed by atoms with van der Waals surface area (Å²) in [4.78, 5) is 4.12. The third-order valence-electron chi connectivity index (χ3n) is 1.64. The van der Waals surface area contributed by atoms with Gasteiger partial charge < -0.3 is 11.1 Å². The lowest BCUT2D eigenvalue weighted by molar-refractivity contribution is 1.05. The summed E-state index contributed by atoms with van der Waals surface area (Å²) in [6.45, 7) is 2.92. The van der Waals surface area contributed by atoms with Gasteiger partial charge in [0.25, 0.3) is 0 Å². The molecule has 0 saturated carbocycles. The third kappa shape index (κ3) is 3.60. The Morgan fingerprint density at radius 2 is 2.38 bits per heavy atom. The number of hydrogen-bond donors (Lipinski definition) is 2. The van der Waals surface area contributed by atoms with Crippen molar-refractivity contribution in [2.75, 3.05) is 17.6 Å². The minimum atomic E-state index is 0.694. The normalized spacial score (nSPS) is 10.5. The lowest BCUT2D eigenvalue weighted by atomic mass is 10.3. The fourth-order valence-electron chi connectivity index (χ4n) is 0.960. The van der Waals surface area contributed by atoms with Gasteiger partial charge >= 0.3 is 0 Å². The average molecular weight is 177 g/mol. The molecule has 0 bridgehead atoms. The van der Waals surface area contributed by atoms with Crippen molar-refractivity contribution in [3.8, 4) is 0 Å². The van der Waals surface area contributed by atoms with Gasteiger partial charge in [0, 0.05) is 6.54 Å². The van der Waals surface area contributed by atoms with Crippen LogP contribution in [0, 0.1) is 0 Å². The van der Waals surface area contributed by atoms with Crippen LogP contribution < -0.4 is 11.1 Å². The van der Waals surface area contributed by atoms with E-state index < -0.39 is 0 Å². The van der Waals surface area contributed by atoms with Gasteiger partial charge in [0.1, 0.15) is 5.82 Å². The van der Waals surface area contributed by atoms with Crippen LogP contribution in [0.2, 0.25) is 0 Å². The van der Waals surface area contributed by atoms with Gasteiger partial charge in [0.05, 0.1) is 11.9 Å². The van der Waals surface area contributed by atoms with Crippen LogP contribution in [-0.2, 0) is 0 Å². The largest absolute Gasteiger partial charge is 0.397 e. The maximum atomic E-state index is 5.50. The highest BCUT2D eigenvalue weighted by molar-refractivity contribution is 5.43. The summed E-state index contributed by atoms with van der Waals surface area (Å²) in [6.07, 6.45) is 6.82. The molecule has 0 spiro atoms. The van der Waals surface area contributed by atoms with Crippen LogP contribution in [0.15, 0.2) is 30.5 Å². The summed E-state index contributed by atoms with van der Waals surface area (Å²) < 4.78 is 0. The molecule has 1 aromatic heterocycles. The molecular weight excluding hydrogens is 162 g/mol. The maximum Gasteiger partial charge on any atom is 0.126 e. The molecule has 0 unspecified atom stereocenters. The Bertz CT molecular complexity index is 264. The second-order valence-corrected chi connectivity index (χ2v) is 2.76. The predicted octanol–water partition coefficient (Wildman–Crippen LogP) is 2.04. The molecule has 0 aliphatic carbocycles. The molecule has 0 aliphatic rings. The number of anilines is 2. The van der Waals surface area contributed by atoms with Gasteiger partial charge in [0.2, 0.25) is 0 Å². The van der Waals surface area contributed by atoms with E-state index in [0.29, 0.717) is 5.69 Å². The fraction of sp³-hybridized carbons (Fsp3) is 0.300. The Balaban J connectivity index is 2.33. The predicted molar refractivity (Wildman–Crippen MR) is 56.6 cm³/mol. The molecule has 0 radical (unpaired) electrons. The van der Waals surface area contributed by atoms with Crippen molar-refractivity contribution >= 4 is 11.5 Å². The highest BCUT2D eigenvalue weighted by Gasteiger charge is 1.90. The molecule has 13 heavy (non-hydrogen) atoms. The molecule has 1 heterocycles. The molecule has 0 aromatic carbocycles. The average Bonchev–Trinajstić information content (AvgIpc) is 2.15. The standard InChI is InChI=1S/C10H15N3/c1-2-3-4-7-12-10-6-5-9(11)8-13-10/h2-3,5-6,8H,4,7,11H2,1H3,(H,12,13)/b3-2+. The first-order valence-corrected chi connectivity index (χ1v) is 4.39. The Morgan fingerprint density at radius 1 is 1.54 bits per heavy atom. The molecule has 1 aromatic rings. The van der Waals surface area contributed by atoms with Crippen LogP contribution in [0.25, 0.3) is 0 Å². The minimum absolute atomic E-state index is 0.694. The molecule has 3 heteroatoms. The van der Waals surface area contributed by atoms with Crippen LogP contribution in [0.3, 0.4) is 0 Å². The summed E-state index contributed by atoms with van der Waals surface area (Å²) in [5.74, 6) is 0.874. The summed E-state index contributed by atoms with van der Waals surface area (Å²) in [5, 5.41) is 3.19. The molecule has 0 saturated heterocycles. The van der Waals surface area contributed by atoms with Crippen molar-refractivity contribution in [2.24, 2.45) is 0 Å². The van der Waals surface area contributed by atoms with Crippen LogP contribution in [0.4, 0.5) is 11.5 Å². The molecule has 3 nitrogen and oxygen atoms in total. The highest BCUT2D eigenvalue weighted by Crippen LogP contribution is 2.05. The van der Waals surface area contributed by atoms with E-state index >= 15 is 0 Å². The summed E-state index contributed by atoms with van der Waals surface area (Å²) in [7, 11) is 0. The zero-order valence-electron chi connectivity index (χ0n) is 7.83. The van der Waals surface area contributed by atoms with Crippen LogP contribution in [-0.4, -0.2) is 11.5 Å². The Kier molecular flexibility index (Phi) is 3.82. The van der Waals surface area contributed by atoms with E-state index in [1.54, 1.807) is 6.20 Å². The fourth-order valence-corrected chi connectivity index (χ4v) is 0.960. The monoisotopic (exact) mass is 177 g/mol. The lowest BCUT2D eigenvalue weighted by Gasteiger charge is -2.02. The number of nitrogen functional groups attached to an aromatic ring is 1. The van der Waals surface area contributed by atoms with Gasteiger partial charge in [-0.2, -0.15) is 0 Å². The molecule has 70 valence electrons. The highest BCUT2D eigenvalue weighted by atomic mass is 15.0. The quantitative estimate of drug-likeness (QED) is 0.546. The molecule has 0 atom stereocenters. The van der Waals surface area contributed by atoms with Gasteiger partial charge in [0.15, 0.2) is 0 Å². The van der Waals surface area contributed by atoms with Crippen LogP contribution in [0.5, 0.6) is 0 Å². The van der Waals surface area contributed by atoms with E-state index in [0.717, 1.165) is 18.8 Å². The smallest absolute Gasteiger partial charge is 0.126 e. The number of nitrogens with zero attached hydrogens (tertiary/aromatic N) is 1. The topological polar surface area (TPSA) is 50.9 Å². The van der Waals surface area contributed by atoms with E-state index in [-0.39, 0.29) is 0 Å². The maximum absolute atomic E-state index is 5.50. The zero-order chi connectivity index (χ0) is 9.52. The number of aromatic nitrogens is 1. The van der Waals surface area contributed by atoms with E-state index in [1.807, 2.05) is 25.1 Å². The summed E-state index contributed by atoms with van der Waals surface area (Å²) in [6, 6.07) is 3.72. The molecule has 3 N–H and O–H groups in total. The van der Waals surface area contributed by atoms with Crippen LogP contribution in [0.1, 0.15) is 13.3 Å². The van der Waals surface area contributed by atoms with Crippen molar-refractivity contribution in [3.63, 3.8) is 0 Å². The van der Waals surface area contributed by atoms with Crippen molar-refractivity contribution < 1.29 is 0 Å². The number of allylic oxidation sites excluding steroid dienone is 1. The number of nitrogens with two attached hydrogens (primary N) is 1. The van der Waals surface area contributed by atoms with Gasteiger partial charge in [-0.15, -0.1) is 0 Å². The Hall–Kier alpha value is -1.51. The molecule has 0 aliphatic heterocycles. The number of rotatable bonds is 4. The van der Waals surface area contributed by atoms with Gasteiger partial charge in [-0.3, -0.25) is 0 Å². The van der Waals surface area contributed by atoms with E-state index in [4.69, 9.17) is 5.73 Å². The second-order valence-electron chi connectivity index (χ2n) is 2.76. The summed E-state index contributed by atoms with van der Waals surface area (Å²) in [5.41, 5.74) is 6.20. The van der Waals surface area contributed by atoms with Crippen LogP contribution >= 0.6 is 0 Å². The van der Waals surface area contributed by atoms with E-state index in [2.05, 4.69) is 16.4 Å². The number of pyridine rings is 1. The molecule has 0 amide bonds. The Labute approximate surface area is 78.7 Å². The van der Waals surface area contributed by atoms with Crippen molar-refractivity contribution in [1.82, 2.24) is 4.98 Å². The van der Waals surface area contributed by atoms with Crippen molar-refractivity contribution in [3.05, 3.63) is 30.5 Å². The number of hydrogen-bond acceptors (Lipinski definition) is 3. The first-order chi connectivity index (χ1) is 6.33. The lowest BCUT2D eigenvalue weighted by Crippen LogP contribution is -2.02. The number of nitrogens with one attached hydrogen (secondary N) is 1. The third-order valence-corrected chi connectivity index (χ3v) is 1.64.